The molecule has 10 heteroatoms. The molecule has 0 radical (unpaired) electrons. The van der Waals surface area contributed by atoms with Gasteiger partial charge in [0.25, 0.3) is 5.91 Å². The van der Waals surface area contributed by atoms with Crippen molar-refractivity contribution in [2.45, 2.75) is 6.42 Å². The summed E-state index contributed by atoms with van der Waals surface area (Å²) in [6.45, 7) is -0.548. The third-order valence-electron chi connectivity index (χ3n) is 2.91. The van der Waals surface area contributed by atoms with E-state index in [0.717, 1.165) is 4.90 Å². The lowest BCUT2D eigenvalue weighted by Gasteiger charge is -2.17. The summed E-state index contributed by atoms with van der Waals surface area (Å²) >= 11 is 17.1. The fourth-order valence-electron chi connectivity index (χ4n) is 1.97. The van der Waals surface area contributed by atoms with Crippen LogP contribution in [0.3, 0.4) is 0 Å². The van der Waals surface area contributed by atoms with Crippen molar-refractivity contribution in [2.75, 3.05) is 23.1 Å². The topological polar surface area (TPSA) is 74.8 Å². The molecule has 0 aromatic heterocycles. The van der Waals surface area contributed by atoms with E-state index in [1.807, 2.05) is 0 Å². The van der Waals surface area contributed by atoms with Crippen molar-refractivity contribution in [3.8, 4) is 0 Å². The predicted octanol–water partition coefficient (Wildman–Crippen LogP) is 2.72. The van der Waals surface area contributed by atoms with Gasteiger partial charge in [-0.2, -0.15) is 0 Å². The van der Waals surface area contributed by atoms with E-state index < -0.39 is 28.5 Å². The number of imide groups is 1. The first kappa shape index (κ1) is 17.3. The van der Waals surface area contributed by atoms with Gasteiger partial charge in [-0.1, -0.05) is 23.2 Å². The highest BCUT2D eigenvalue weighted by molar-refractivity contribution is 7.89. The fourth-order valence-corrected chi connectivity index (χ4v) is 4.13. The molecule has 1 aromatic rings. The molecule has 1 aromatic carbocycles. The number of carbonyl (C=O) groups is 2. The Balaban J connectivity index is 2.33. The van der Waals surface area contributed by atoms with E-state index in [0.29, 0.717) is 4.31 Å². The van der Waals surface area contributed by atoms with Gasteiger partial charge in [-0.3, -0.25) is 4.79 Å². The molecule has 3 amide bonds. The average Bonchev–Trinajstić information content (AvgIpc) is 2.71. The number of hydrogen-bond donors (Lipinski definition) is 0. The minimum atomic E-state index is -3.89. The Bertz CT molecular complexity index is 703. The van der Waals surface area contributed by atoms with Crippen LogP contribution < -0.4 is 4.90 Å². The Morgan fingerprint density at radius 1 is 1.09 bits per heavy atom. The SMILES string of the molecule is O=C1CN(S(=O)(=O)CCCCl)C(=O)N1c1cc(Cl)cc(Cl)c1. The zero-order chi connectivity index (χ0) is 16.5. The number of amides is 3. The zero-order valence-corrected chi connectivity index (χ0v) is 14.2. The first-order valence-corrected chi connectivity index (χ1v) is 9.05. The van der Waals surface area contributed by atoms with Crippen LogP contribution in [0.5, 0.6) is 0 Å². The van der Waals surface area contributed by atoms with Gasteiger partial charge in [0.05, 0.1) is 11.4 Å². The molecule has 0 atom stereocenters. The largest absolute Gasteiger partial charge is 0.345 e. The molecule has 120 valence electrons. The highest BCUT2D eigenvalue weighted by atomic mass is 35.5. The quantitative estimate of drug-likeness (QED) is 0.577. The minimum absolute atomic E-state index is 0.127. The Morgan fingerprint density at radius 2 is 1.68 bits per heavy atom. The van der Waals surface area contributed by atoms with Gasteiger partial charge in [0.1, 0.15) is 6.54 Å². The van der Waals surface area contributed by atoms with Crippen molar-refractivity contribution in [3.63, 3.8) is 0 Å². The second kappa shape index (κ2) is 6.62. The molecule has 0 unspecified atom stereocenters. The van der Waals surface area contributed by atoms with Gasteiger partial charge in [0.2, 0.25) is 10.0 Å². The van der Waals surface area contributed by atoms with Crippen LogP contribution in [-0.2, 0) is 14.8 Å². The average molecular weight is 386 g/mol. The summed E-state index contributed by atoms with van der Waals surface area (Å²) < 4.78 is 24.7. The predicted molar refractivity (Wildman–Crippen MR) is 85.2 cm³/mol. The molecule has 0 N–H and O–H groups in total. The van der Waals surface area contributed by atoms with E-state index in [9.17, 15) is 18.0 Å². The number of urea groups is 1. The highest BCUT2D eigenvalue weighted by Crippen LogP contribution is 2.29. The molecule has 0 saturated carbocycles. The molecule has 1 heterocycles. The lowest BCUT2D eigenvalue weighted by atomic mass is 10.3. The summed E-state index contributed by atoms with van der Waals surface area (Å²) in [5.74, 6) is -0.833. The van der Waals surface area contributed by atoms with Gasteiger partial charge < -0.3 is 0 Å². The maximum atomic E-state index is 12.3. The molecule has 0 aliphatic carbocycles. The van der Waals surface area contributed by atoms with Crippen LogP contribution in [-0.4, -0.2) is 42.8 Å². The van der Waals surface area contributed by atoms with E-state index >= 15 is 0 Å². The monoisotopic (exact) mass is 384 g/mol. The Morgan fingerprint density at radius 3 is 2.23 bits per heavy atom. The number of benzene rings is 1. The second-order valence-electron chi connectivity index (χ2n) is 4.50. The maximum absolute atomic E-state index is 12.3. The minimum Gasteiger partial charge on any atom is -0.272 e. The van der Waals surface area contributed by atoms with Crippen LogP contribution >= 0.6 is 34.8 Å². The van der Waals surface area contributed by atoms with Crippen molar-refractivity contribution in [3.05, 3.63) is 28.2 Å². The van der Waals surface area contributed by atoms with Gasteiger partial charge >= 0.3 is 6.03 Å². The van der Waals surface area contributed by atoms with E-state index in [2.05, 4.69) is 0 Å². The number of nitrogens with zero attached hydrogens (tertiary/aromatic N) is 2. The van der Waals surface area contributed by atoms with Crippen LogP contribution in [0.1, 0.15) is 6.42 Å². The number of carbonyl (C=O) groups excluding carboxylic acids is 2. The van der Waals surface area contributed by atoms with Crippen LogP contribution in [0.25, 0.3) is 0 Å². The summed E-state index contributed by atoms with van der Waals surface area (Å²) in [7, 11) is -3.89. The number of rotatable bonds is 5. The lowest BCUT2D eigenvalue weighted by Crippen LogP contribution is -2.38. The van der Waals surface area contributed by atoms with Crippen molar-refractivity contribution in [2.24, 2.45) is 0 Å². The molecule has 6 nitrogen and oxygen atoms in total. The second-order valence-corrected chi connectivity index (χ2v) is 7.77. The molecule has 1 aliphatic heterocycles. The molecule has 2 rings (SSSR count). The molecular formula is C12H11Cl3N2O4S. The van der Waals surface area contributed by atoms with Crippen molar-refractivity contribution >= 4 is 62.5 Å². The van der Waals surface area contributed by atoms with E-state index in [1.165, 1.54) is 18.2 Å². The summed E-state index contributed by atoms with van der Waals surface area (Å²) in [6.07, 6.45) is 0.185. The summed E-state index contributed by atoms with van der Waals surface area (Å²) in [5, 5.41) is 0.457. The number of sulfonamides is 1. The highest BCUT2D eigenvalue weighted by Gasteiger charge is 2.43. The number of alkyl halides is 1. The van der Waals surface area contributed by atoms with Gasteiger partial charge in [-0.15, -0.1) is 11.6 Å². The van der Waals surface area contributed by atoms with Crippen molar-refractivity contribution < 1.29 is 18.0 Å². The van der Waals surface area contributed by atoms with E-state index in [4.69, 9.17) is 34.8 Å². The smallest absolute Gasteiger partial charge is 0.272 e. The Labute approximate surface area is 142 Å². The summed E-state index contributed by atoms with van der Waals surface area (Å²) in [4.78, 5) is 25.1. The molecule has 1 saturated heterocycles. The maximum Gasteiger partial charge on any atom is 0.345 e. The van der Waals surface area contributed by atoms with Crippen molar-refractivity contribution in [1.29, 1.82) is 0 Å². The van der Waals surface area contributed by atoms with Crippen LogP contribution in [0.4, 0.5) is 10.5 Å². The third kappa shape index (κ3) is 3.48. The van der Waals surface area contributed by atoms with Gasteiger partial charge in [0, 0.05) is 15.9 Å². The summed E-state index contributed by atoms with van der Waals surface area (Å²) in [5.41, 5.74) is 0.127. The molecule has 1 fully saturated rings. The molecular weight excluding hydrogens is 375 g/mol. The van der Waals surface area contributed by atoms with Gasteiger partial charge in [-0.25, -0.2) is 22.4 Å². The van der Waals surface area contributed by atoms with Crippen LogP contribution in [0.2, 0.25) is 10.0 Å². The lowest BCUT2D eigenvalue weighted by molar-refractivity contribution is -0.116. The van der Waals surface area contributed by atoms with Gasteiger partial charge in [-0.05, 0) is 24.6 Å². The fraction of sp³-hybridized carbons (Fsp3) is 0.333. The van der Waals surface area contributed by atoms with Crippen LogP contribution in [0.15, 0.2) is 18.2 Å². The molecule has 0 spiro atoms. The summed E-state index contributed by atoms with van der Waals surface area (Å²) in [6, 6.07) is 3.21. The normalized spacial score (nSPS) is 15.8. The zero-order valence-electron chi connectivity index (χ0n) is 11.1. The molecule has 0 bridgehead atoms. The Kier molecular flexibility index (Phi) is 5.21. The van der Waals surface area contributed by atoms with E-state index in [1.54, 1.807) is 0 Å². The number of hydrogen-bond acceptors (Lipinski definition) is 4. The molecule has 22 heavy (non-hydrogen) atoms. The number of halogens is 3. The van der Waals surface area contributed by atoms with E-state index in [-0.39, 0.29) is 33.8 Å². The third-order valence-corrected chi connectivity index (χ3v) is 5.38. The van der Waals surface area contributed by atoms with Crippen LogP contribution in [0, 0.1) is 0 Å². The first-order chi connectivity index (χ1) is 10.3. The van der Waals surface area contributed by atoms with Gasteiger partial charge in [0.15, 0.2) is 0 Å². The molecule has 1 aliphatic rings. The number of anilines is 1. The first-order valence-electron chi connectivity index (χ1n) is 6.15. The standard InChI is InChI=1S/C12H11Cl3N2O4S/c13-2-1-3-22(20,21)16-7-11(18)17(12(16)19)10-5-8(14)4-9(15)6-10/h4-6H,1-3,7H2. The van der Waals surface area contributed by atoms with Crippen molar-refractivity contribution in [1.82, 2.24) is 4.31 Å². The Hall–Kier alpha value is -1.02.